The summed E-state index contributed by atoms with van der Waals surface area (Å²) < 4.78 is 5.82. The first-order chi connectivity index (χ1) is 8.93. The monoisotopic (exact) mass is 263 g/mol. The van der Waals surface area contributed by atoms with Crippen molar-refractivity contribution < 1.29 is 9.53 Å². The van der Waals surface area contributed by atoms with E-state index >= 15 is 0 Å². The van der Waals surface area contributed by atoms with E-state index in [9.17, 15) is 4.79 Å². The lowest BCUT2D eigenvalue weighted by atomic mass is 10.0. The molecular formula is C14H21N3O2. The first-order valence-corrected chi connectivity index (χ1v) is 6.52. The van der Waals surface area contributed by atoms with Crippen molar-refractivity contribution in [2.24, 2.45) is 0 Å². The van der Waals surface area contributed by atoms with Crippen LogP contribution in [0.15, 0.2) is 18.5 Å². The highest BCUT2D eigenvalue weighted by Crippen LogP contribution is 2.24. The zero-order valence-electron chi connectivity index (χ0n) is 11.9. The van der Waals surface area contributed by atoms with E-state index < -0.39 is 0 Å². The van der Waals surface area contributed by atoms with Crippen LogP contribution in [0.2, 0.25) is 0 Å². The van der Waals surface area contributed by atoms with Gasteiger partial charge in [0, 0.05) is 38.2 Å². The van der Waals surface area contributed by atoms with Crippen molar-refractivity contribution in [2.45, 2.75) is 32.5 Å². The van der Waals surface area contributed by atoms with Crippen LogP contribution in [-0.4, -0.2) is 47.6 Å². The number of nitrogens with one attached hydrogen (secondary N) is 1. The third-order valence-corrected chi connectivity index (χ3v) is 3.18. The number of aromatic nitrogens is 1. The largest absolute Gasteiger partial charge is 0.387 e. The molecule has 1 aromatic heterocycles. The lowest BCUT2D eigenvalue weighted by Crippen LogP contribution is -2.53. The van der Waals surface area contributed by atoms with Crippen molar-refractivity contribution in [3.63, 3.8) is 0 Å². The van der Waals surface area contributed by atoms with Crippen LogP contribution in [0.25, 0.3) is 0 Å². The fourth-order valence-electron chi connectivity index (χ4n) is 2.56. The fourth-order valence-corrected chi connectivity index (χ4v) is 2.56. The maximum atomic E-state index is 12.6. The third-order valence-electron chi connectivity index (χ3n) is 3.18. The molecule has 0 aromatic carbocycles. The lowest BCUT2D eigenvalue weighted by Gasteiger charge is -2.41. The normalized spacial score (nSPS) is 22.1. The van der Waals surface area contributed by atoms with Gasteiger partial charge in [-0.15, -0.1) is 0 Å². The van der Waals surface area contributed by atoms with Gasteiger partial charge in [-0.1, -0.05) is 0 Å². The van der Waals surface area contributed by atoms with Gasteiger partial charge in [0.05, 0.1) is 17.3 Å². The van der Waals surface area contributed by atoms with Crippen LogP contribution in [-0.2, 0) is 4.74 Å². The molecule has 1 aliphatic heterocycles. The van der Waals surface area contributed by atoms with E-state index in [0.717, 1.165) is 5.69 Å². The van der Waals surface area contributed by atoms with E-state index in [-0.39, 0.29) is 17.6 Å². The van der Waals surface area contributed by atoms with Crippen LogP contribution in [0.5, 0.6) is 0 Å². The summed E-state index contributed by atoms with van der Waals surface area (Å²) in [6.07, 6.45) is 3.33. The predicted molar refractivity (Wildman–Crippen MR) is 74.3 cm³/mol. The number of morpholine rings is 1. The lowest BCUT2D eigenvalue weighted by molar-refractivity contribution is -0.118. The molecule has 0 saturated carbocycles. The third kappa shape index (κ3) is 3.04. The summed E-state index contributed by atoms with van der Waals surface area (Å²) in [5.41, 5.74) is 1.10. The van der Waals surface area contributed by atoms with Crippen molar-refractivity contribution >= 4 is 11.6 Å². The quantitative estimate of drug-likeness (QED) is 0.883. The number of pyridine rings is 1. The highest BCUT2D eigenvalue weighted by molar-refractivity contribution is 5.99. The first kappa shape index (κ1) is 13.8. The van der Waals surface area contributed by atoms with Gasteiger partial charge < -0.3 is 15.0 Å². The molecule has 1 aromatic rings. The minimum absolute atomic E-state index is 0.000625. The van der Waals surface area contributed by atoms with Crippen LogP contribution in [0, 0.1) is 0 Å². The van der Waals surface area contributed by atoms with Gasteiger partial charge in [0.2, 0.25) is 0 Å². The topological polar surface area (TPSA) is 54.5 Å². The van der Waals surface area contributed by atoms with Gasteiger partial charge in [-0.25, -0.2) is 0 Å². The van der Waals surface area contributed by atoms with Gasteiger partial charge >= 0.3 is 0 Å². The summed E-state index contributed by atoms with van der Waals surface area (Å²) in [5, 5.41) is 3.03. The van der Waals surface area contributed by atoms with Crippen LogP contribution in [0.3, 0.4) is 0 Å². The molecule has 104 valence electrons. The molecular weight excluding hydrogens is 242 g/mol. The smallest absolute Gasteiger partial charge is 0.257 e. The second-order valence-corrected chi connectivity index (χ2v) is 5.55. The number of anilines is 1. The molecule has 5 heteroatoms. The van der Waals surface area contributed by atoms with Gasteiger partial charge in [0.25, 0.3) is 5.91 Å². The van der Waals surface area contributed by atoms with Crippen molar-refractivity contribution in [1.29, 1.82) is 0 Å². The molecule has 0 aliphatic carbocycles. The van der Waals surface area contributed by atoms with E-state index in [4.69, 9.17) is 4.74 Å². The molecule has 5 nitrogen and oxygen atoms in total. The Morgan fingerprint density at radius 2 is 2.32 bits per heavy atom. The average Bonchev–Trinajstić information content (AvgIpc) is 2.35. The number of hydrogen-bond acceptors (Lipinski definition) is 4. The summed E-state index contributed by atoms with van der Waals surface area (Å²) in [6.45, 7) is 7.20. The summed E-state index contributed by atoms with van der Waals surface area (Å²) in [5.74, 6) is 0.000625. The minimum atomic E-state index is -0.310. The van der Waals surface area contributed by atoms with Crippen LogP contribution < -0.4 is 5.32 Å². The van der Waals surface area contributed by atoms with E-state index in [1.807, 2.05) is 31.7 Å². The van der Waals surface area contributed by atoms with Crippen molar-refractivity contribution in [2.75, 3.05) is 25.5 Å². The SMILES string of the molecule is CNc1ccncc1C(=O)N1CC(C)OC(C)(C)C1. The second-order valence-electron chi connectivity index (χ2n) is 5.55. The number of nitrogens with zero attached hydrogens (tertiary/aromatic N) is 2. The molecule has 19 heavy (non-hydrogen) atoms. The Balaban J connectivity index is 2.24. The molecule has 1 atom stereocenters. The minimum Gasteiger partial charge on any atom is -0.387 e. The summed E-state index contributed by atoms with van der Waals surface area (Å²) in [6, 6.07) is 1.81. The number of rotatable bonds is 2. The van der Waals surface area contributed by atoms with Gasteiger partial charge in [0.15, 0.2) is 0 Å². The maximum Gasteiger partial charge on any atom is 0.257 e. The Kier molecular flexibility index (Phi) is 3.75. The molecule has 1 fully saturated rings. The summed E-state index contributed by atoms with van der Waals surface area (Å²) in [7, 11) is 1.80. The molecule has 0 spiro atoms. The van der Waals surface area contributed by atoms with Gasteiger partial charge in [-0.2, -0.15) is 0 Å². The standard InChI is InChI=1S/C14H21N3O2/c1-10-8-17(9-14(2,3)19-10)13(18)11-7-16-6-5-12(11)15-4/h5-7,10H,8-9H2,1-4H3,(H,15,16). The number of carbonyl (C=O) groups is 1. The van der Waals surface area contributed by atoms with E-state index in [2.05, 4.69) is 10.3 Å². The molecule has 1 unspecified atom stereocenters. The number of hydrogen-bond donors (Lipinski definition) is 1. The first-order valence-electron chi connectivity index (χ1n) is 6.52. The highest BCUT2D eigenvalue weighted by Gasteiger charge is 2.34. The Morgan fingerprint density at radius 1 is 1.58 bits per heavy atom. The van der Waals surface area contributed by atoms with Crippen LogP contribution >= 0.6 is 0 Å². The molecule has 2 rings (SSSR count). The Labute approximate surface area is 114 Å². The van der Waals surface area contributed by atoms with Crippen molar-refractivity contribution in [3.8, 4) is 0 Å². The van der Waals surface area contributed by atoms with Gasteiger partial charge in [-0.05, 0) is 26.8 Å². The molecule has 1 amide bonds. The van der Waals surface area contributed by atoms with Crippen molar-refractivity contribution in [1.82, 2.24) is 9.88 Å². The van der Waals surface area contributed by atoms with E-state index in [0.29, 0.717) is 18.7 Å². The van der Waals surface area contributed by atoms with Crippen LogP contribution in [0.1, 0.15) is 31.1 Å². The molecule has 1 aliphatic rings. The number of amides is 1. The number of carbonyl (C=O) groups excluding carboxylic acids is 1. The van der Waals surface area contributed by atoms with Crippen molar-refractivity contribution in [3.05, 3.63) is 24.0 Å². The predicted octanol–water partition coefficient (Wildman–Crippen LogP) is 1.76. The van der Waals surface area contributed by atoms with Gasteiger partial charge in [0.1, 0.15) is 0 Å². The molecule has 1 N–H and O–H groups in total. The van der Waals surface area contributed by atoms with Crippen LogP contribution in [0.4, 0.5) is 5.69 Å². The second kappa shape index (κ2) is 5.17. The zero-order chi connectivity index (χ0) is 14.0. The maximum absolute atomic E-state index is 12.6. The highest BCUT2D eigenvalue weighted by atomic mass is 16.5. The summed E-state index contributed by atoms with van der Waals surface area (Å²) >= 11 is 0. The average molecular weight is 263 g/mol. The summed E-state index contributed by atoms with van der Waals surface area (Å²) in [4.78, 5) is 18.5. The molecule has 1 saturated heterocycles. The molecule has 0 bridgehead atoms. The Bertz CT molecular complexity index is 474. The molecule has 2 heterocycles. The fraction of sp³-hybridized carbons (Fsp3) is 0.571. The van der Waals surface area contributed by atoms with E-state index in [1.54, 1.807) is 19.4 Å². The van der Waals surface area contributed by atoms with Gasteiger partial charge in [-0.3, -0.25) is 9.78 Å². The Hall–Kier alpha value is -1.62. The Morgan fingerprint density at radius 3 is 2.95 bits per heavy atom. The number of ether oxygens (including phenoxy) is 1. The zero-order valence-corrected chi connectivity index (χ0v) is 11.9. The molecule has 0 radical (unpaired) electrons. The van der Waals surface area contributed by atoms with E-state index in [1.165, 1.54) is 0 Å².